The van der Waals surface area contributed by atoms with Gasteiger partial charge >= 0.3 is 0 Å². The molecule has 0 spiro atoms. The van der Waals surface area contributed by atoms with E-state index in [0.29, 0.717) is 6.04 Å². The molecule has 2 aliphatic rings. The number of fused-ring (bicyclic) bond motifs is 2. The maximum atomic E-state index is 9.33. The number of anilines is 1. The third-order valence-electron chi connectivity index (χ3n) is 5.15. The molecule has 0 saturated carbocycles. The number of amidine groups is 1. The summed E-state index contributed by atoms with van der Waals surface area (Å²) in [6.45, 7) is 2.17. The molecular weight excluding hydrogens is 320 g/mol. The van der Waals surface area contributed by atoms with E-state index in [4.69, 9.17) is 4.99 Å². The molecule has 4 rings (SSSR count). The molecule has 0 atom stereocenters. The van der Waals surface area contributed by atoms with E-state index >= 15 is 0 Å². The summed E-state index contributed by atoms with van der Waals surface area (Å²) in [6.07, 6.45) is 3.79. The van der Waals surface area contributed by atoms with Crippen LogP contribution in [0.3, 0.4) is 0 Å². The monoisotopic (exact) mass is 342 g/mol. The number of likely N-dealkylation sites (tertiary alicyclic amines) is 1. The Labute approximate surface area is 154 Å². The highest BCUT2D eigenvalue weighted by Crippen LogP contribution is 2.35. The van der Waals surface area contributed by atoms with E-state index in [1.165, 1.54) is 0 Å². The second-order valence-electron chi connectivity index (χ2n) is 6.92. The predicted molar refractivity (Wildman–Crippen MR) is 106 cm³/mol. The summed E-state index contributed by atoms with van der Waals surface area (Å²) in [7, 11) is 2.16. The van der Waals surface area contributed by atoms with Gasteiger partial charge in [0.1, 0.15) is 5.84 Å². The van der Waals surface area contributed by atoms with Crippen LogP contribution in [0.2, 0.25) is 0 Å². The molecule has 0 aromatic heterocycles. The first-order chi connectivity index (χ1) is 12.8. The third-order valence-corrected chi connectivity index (χ3v) is 5.15. The van der Waals surface area contributed by atoms with Gasteiger partial charge in [0.2, 0.25) is 0 Å². The minimum Gasteiger partial charge on any atom is -0.340 e. The summed E-state index contributed by atoms with van der Waals surface area (Å²) in [5, 5.41) is 12.9. The fourth-order valence-corrected chi connectivity index (χ4v) is 3.72. The molecule has 0 radical (unpaired) electrons. The van der Waals surface area contributed by atoms with Crippen molar-refractivity contribution in [1.82, 2.24) is 4.90 Å². The van der Waals surface area contributed by atoms with Gasteiger partial charge in [-0.15, -0.1) is 0 Å². The summed E-state index contributed by atoms with van der Waals surface area (Å²) < 4.78 is 0. The minimum atomic E-state index is 0.329. The fourth-order valence-electron chi connectivity index (χ4n) is 3.72. The second-order valence-corrected chi connectivity index (χ2v) is 6.92. The van der Waals surface area contributed by atoms with E-state index in [0.717, 1.165) is 59.7 Å². The van der Waals surface area contributed by atoms with Gasteiger partial charge in [0, 0.05) is 28.5 Å². The smallest absolute Gasteiger partial charge is 0.133 e. The van der Waals surface area contributed by atoms with Crippen LogP contribution in [0.25, 0.3) is 5.57 Å². The van der Waals surface area contributed by atoms with Crippen molar-refractivity contribution in [2.45, 2.75) is 18.9 Å². The van der Waals surface area contributed by atoms with Crippen LogP contribution in [0.1, 0.15) is 29.5 Å². The van der Waals surface area contributed by atoms with Crippen molar-refractivity contribution in [2.24, 2.45) is 4.99 Å². The van der Waals surface area contributed by atoms with Crippen LogP contribution in [0.4, 0.5) is 5.69 Å². The average molecular weight is 342 g/mol. The quantitative estimate of drug-likeness (QED) is 0.800. The number of allylic oxidation sites excluding steroid dienone is 1. The van der Waals surface area contributed by atoms with Gasteiger partial charge < -0.3 is 10.2 Å². The van der Waals surface area contributed by atoms with E-state index in [1.807, 2.05) is 24.3 Å². The molecule has 130 valence electrons. The summed E-state index contributed by atoms with van der Waals surface area (Å²) in [4.78, 5) is 7.45. The van der Waals surface area contributed by atoms with E-state index in [2.05, 4.69) is 47.6 Å². The van der Waals surface area contributed by atoms with E-state index in [1.54, 1.807) is 6.08 Å². The Kier molecular flexibility index (Phi) is 4.55. The Morgan fingerprint density at radius 2 is 1.69 bits per heavy atom. The predicted octanol–water partition coefficient (Wildman–Crippen LogP) is 3.91. The van der Waals surface area contributed by atoms with Gasteiger partial charge in [-0.1, -0.05) is 42.5 Å². The van der Waals surface area contributed by atoms with Crippen molar-refractivity contribution in [3.05, 3.63) is 71.3 Å². The minimum absolute atomic E-state index is 0.329. The highest BCUT2D eigenvalue weighted by Gasteiger charge is 2.23. The van der Waals surface area contributed by atoms with Crippen molar-refractivity contribution < 1.29 is 0 Å². The Hall–Kier alpha value is -2.90. The number of piperidine rings is 1. The molecule has 0 amide bonds. The molecule has 1 saturated heterocycles. The first-order valence-corrected chi connectivity index (χ1v) is 9.08. The molecule has 1 fully saturated rings. The number of rotatable bonds is 1. The largest absolute Gasteiger partial charge is 0.340 e. The Morgan fingerprint density at radius 3 is 2.42 bits per heavy atom. The van der Waals surface area contributed by atoms with Crippen LogP contribution in [0.15, 0.2) is 59.6 Å². The standard InChI is InChI=1S/C22H22N4/c1-26-14-11-16(12-15-26)24-22-20-8-3-2-6-17(20)18(10-13-23)19-7-4-5-9-21(19)25-22/h2-10,16H,11-12,14-15H2,1H3,(H,24,25)/b18-10+. The van der Waals surface area contributed by atoms with Crippen molar-refractivity contribution in [3.63, 3.8) is 0 Å². The number of benzene rings is 2. The zero-order valence-electron chi connectivity index (χ0n) is 14.9. The van der Waals surface area contributed by atoms with Crippen molar-refractivity contribution >= 4 is 17.1 Å². The van der Waals surface area contributed by atoms with Crippen LogP contribution in [-0.4, -0.2) is 36.9 Å². The summed E-state index contributed by atoms with van der Waals surface area (Å²) in [6, 6.07) is 18.9. The lowest BCUT2D eigenvalue weighted by Gasteiger charge is -2.27. The lowest BCUT2D eigenvalue weighted by molar-refractivity contribution is 0.257. The number of nitriles is 1. The van der Waals surface area contributed by atoms with E-state index in [9.17, 15) is 5.26 Å². The van der Waals surface area contributed by atoms with Gasteiger partial charge in [0.05, 0.1) is 12.1 Å². The Morgan fingerprint density at radius 1 is 1.04 bits per heavy atom. The zero-order valence-corrected chi connectivity index (χ0v) is 14.9. The van der Waals surface area contributed by atoms with Crippen LogP contribution < -0.4 is 5.32 Å². The SMILES string of the molecule is CN1CCC(N=C2Nc3ccccc3/C(=C/C#N)c3ccccc32)CC1. The summed E-state index contributed by atoms with van der Waals surface area (Å²) in [5.74, 6) is 0.906. The van der Waals surface area contributed by atoms with Crippen molar-refractivity contribution in [1.29, 1.82) is 5.26 Å². The first kappa shape index (κ1) is 16.6. The number of hydrogen-bond donors (Lipinski definition) is 1. The van der Waals surface area contributed by atoms with Crippen LogP contribution in [0, 0.1) is 11.3 Å². The lowest BCUT2D eigenvalue weighted by Crippen LogP contribution is -2.33. The number of hydrogen-bond acceptors (Lipinski definition) is 3. The van der Waals surface area contributed by atoms with Gasteiger partial charge in [-0.25, -0.2) is 0 Å². The lowest BCUT2D eigenvalue weighted by atomic mass is 9.94. The van der Waals surface area contributed by atoms with Crippen molar-refractivity contribution in [3.8, 4) is 6.07 Å². The average Bonchev–Trinajstić information content (AvgIpc) is 2.80. The normalized spacial score (nSPS) is 20.8. The summed E-state index contributed by atoms with van der Waals surface area (Å²) in [5.41, 5.74) is 5.09. The molecular formula is C22H22N4. The first-order valence-electron chi connectivity index (χ1n) is 9.08. The number of nitrogens with zero attached hydrogens (tertiary/aromatic N) is 3. The Balaban J connectivity index is 1.85. The topological polar surface area (TPSA) is 51.4 Å². The van der Waals surface area contributed by atoms with Gasteiger partial charge in [0.25, 0.3) is 0 Å². The number of para-hydroxylation sites is 1. The molecule has 2 aliphatic heterocycles. The van der Waals surface area contributed by atoms with Crippen LogP contribution in [0.5, 0.6) is 0 Å². The van der Waals surface area contributed by atoms with Gasteiger partial charge in [-0.3, -0.25) is 4.99 Å². The highest BCUT2D eigenvalue weighted by atomic mass is 15.1. The van der Waals surface area contributed by atoms with Crippen LogP contribution >= 0.6 is 0 Å². The van der Waals surface area contributed by atoms with Crippen LogP contribution in [-0.2, 0) is 0 Å². The third kappa shape index (κ3) is 3.14. The van der Waals surface area contributed by atoms with Gasteiger partial charge in [0.15, 0.2) is 0 Å². The molecule has 2 aromatic rings. The molecule has 26 heavy (non-hydrogen) atoms. The Bertz CT molecular complexity index is 912. The molecule has 2 aromatic carbocycles. The highest BCUT2D eigenvalue weighted by molar-refractivity contribution is 6.15. The second kappa shape index (κ2) is 7.15. The van der Waals surface area contributed by atoms with Gasteiger partial charge in [-0.05, 0) is 44.6 Å². The zero-order chi connectivity index (χ0) is 17.9. The molecule has 1 N–H and O–H groups in total. The maximum absolute atomic E-state index is 9.33. The molecule has 0 bridgehead atoms. The maximum Gasteiger partial charge on any atom is 0.133 e. The van der Waals surface area contributed by atoms with Crippen molar-refractivity contribution in [2.75, 3.05) is 25.5 Å². The van der Waals surface area contributed by atoms with E-state index < -0.39 is 0 Å². The summed E-state index contributed by atoms with van der Waals surface area (Å²) >= 11 is 0. The molecule has 4 heteroatoms. The molecule has 2 heterocycles. The molecule has 0 unspecified atom stereocenters. The molecule has 4 nitrogen and oxygen atoms in total. The fraction of sp³-hybridized carbons (Fsp3) is 0.273. The number of nitrogens with one attached hydrogen (secondary N) is 1. The number of aliphatic imine (C=N–C) groups is 1. The molecule has 0 aliphatic carbocycles. The van der Waals surface area contributed by atoms with E-state index in [-0.39, 0.29) is 0 Å². The van der Waals surface area contributed by atoms with Gasteiger partial charge in [-0.2, -0.15) is 5.26 Å².